The molecule has 0 unspecified atom stereocenters. The Morgan fingerprint density at radius 2 is 2.10 bits per heavy atom. The molecular weight excluding hydrogens is 151 g/mol. The third kappa shape index (κ3) is 3.06. The van der Waals surface area contributed by atoms with Crippen molar-refractivity contribution in [2.45, 2.75) is 13.1 Å². The molecule has 0 aromatic carbocycles. The topological polar surface area (TPSA) is 38.7 Å². The monoisotopic (exact) mass is 155 g/mol. The summed E-state index contributed by atoms with van der Waals surface area (Å²) in [6, 6.07) is 0. The van der Waals surface area contributed by atoms with Gasteiger partial charge in [-0.25, -0.2) is 4.79 Å². The molecule has 0 saturated heterocycles. The molecule has 0 aromatic heterocycles. The first-order chi connectivity index (χ1) is 4.48. The molecule has 0 atom stereocenters. The van der Waals surface area contributed by atoms with E-state index in [2.05, 4.69) is 9.99 Å². The second-order valence-corrected chi connectivity index (χ2v) is 1.24. The van der Waals surface area contributed by atoms with Crippen LogP contribution in [0.2, 0.25) is 0 Å². The van der Waals surface area contributed by atoms with Crippen molar-refractivity contribution in [3.8, 4) is 0 Å². The molecule has 0 radical (unpaired) electrons. The summed E-state index contributed by atoms with van der Waals surface area (Å²) in [5.41, 5.74) is 0. The Kier molecular flexibility index (Phi) is 2.85. The summed E-state index contributed by atoms with van der Waals surface area (Å²) in [5, 5.41) is 2.64. The zero-order valence-electron chi connectivity index (χ0n) is 4.97. The van der Waals surface area contributed by atoms with Crippen LogP contribution in [0.5, 0.6) is 0 Å². The average Bonchev–Trinajstić information content (AvgIpc) is 1.80. The normalized spacial score (nSPS) is 12.0. The minimum atomic E-state index is -4.97. The maximum atomic E-state index is 11.2. The molecule has 0 aromatic rings. The number of nitrogens with zero attached hydrogens (tertiary/aromatic N) is 1. The van der Waals surface area contributed by atoms with Gasteiger partial charge in [-0.05, 0) is 6.92 Å². The highest BCUT2D eigenvalue weighted by molar-refractivity contribution is 5.75. The molecule has 6 heteroatoms. The van der Waals surface area contributed by atoms with Crippen LogP contribution in [0.25, 0.3) is 0 Å². The molecule has 10 heavy (non-hydrogen) atoms. The van der Waals surface area contributed by atoms with Gasteiger partial charge in [0, 0.05) is 6.21 Å². The maximum absolute atomic E-state index is 11.2. The lowest BCUT2D eigenvalue weighted by Gasteiger charge is -1.99. The number of oxime groups is 1. The van der Waals surface area contributed by atoms with E-state index in [1.165, 1.54) is 6.92 Å². The summed E-state index contributed by atoms with van der Waals surface area (Å²) in [6.07, 6.45) is -4.03. The van der Waals surface area contributed by atoms with Crippen LogP contribution in [0.3, 0.4) is 0 Å². The molecule has 0 amide bonds. The second kappa shape index (κ2) is 3.19. The molecule has 0 aliphatic heterocycles. The van der Waals surface area contributed by atoms with Crippen LogP contribution < -0.4 is 0 Å². The number of halogens is 3. The van der Waals surface area contributed by atoms with Gasteiger partial charge in [0.1, 0.15) is 0 Å². The largest absolute Gasteiger partial charge is 0.493 e. The van der Waals surface area contributed by atoms with E-state index >= 15 is 0 Å². The second-order valence-electron chi connectivity index (χ2n) is 1.24. The lowest BCUT2D eigenvalue weighted by molar-refractivity contribution is -0.199. The van der Waals surface area contributed by atoms with Gasteiger partial charge in [-0.2, -0.15) is 13.2 Å². The molecule has 58 valence electrons. The zero-order chi connectivity index (χ0) is 8.20. The highest BCUT2D eigenvalue weighted by atomic mass is 19.4. The minimum absolute atomic E-state index is 0.934. The lowest BCUT2D eigenvalue weighted by atomic mass is 10.7. The van der Waals surface area contributed by atoms with Crippen LogP contribution in [0.4, 0.5) is 13.2 Å². The standard InChI is InChI=1S/C4H4F3NO2/c1-2-8-10-3(9)4(5,6)7/h2H,1H3. The highest BCUT2D eigenvalue weighted by Gasteiger charge is 2.41. The third-order valence-electron chi connectivity index (χ3n) is 0.472. The van der Waals surface area contributed by atoms with Crippen molar-refractivity contribution in [1.82, 2.24) is 0 Å². The number of carbonyl (C=O) groups is 1. The summed E-state index contributed by atoms with van der Waals surface area (Å²) in [5.74, 6) is -2.31. The van der Waals surface area contributed by atoms with E-state index in [4.69, 9.17) is 0 Å². The van der Waals surface area contributed by atoms with Gasteiger partial charge in [0.2, 0.25) is 0 Å². The van der Waals surface area contributed by atoms with Crippen molar-refractivity contribution in [2.75, 3.05) is 0 Å². The van der Waals surface area contributed by atoms with E-state index in [0.717, 1.165) is 6.21 Å². The van der Waals surface area contributed by atoms with Crippen molar-refractivity contribution < 1.29 is 22.8 Å². The van der Waals surface area contributed by atoms with E-state index in [9.17, 15) is 18.0 Å². The Labute approximate surface area is 54.5 Å². The van der Waals surface area contributed by atoms with E-state index in [1.807, 2.05) is 0 Å². The van der Waals surface area contributed by atoms with Crippen molar-refractivity contribution in [2.24, 2.45) is 5.16 Å². The van der Waals surface area contributed by atoms with Crippen molar-refractivity contribution in [3.05, 3.63) is 0 Å². The molecule has 0 fully saturated rings. The Hall–Kier alpha value is -1.07. The van der Waals surface area contributed by atoms with Crippen LogP contribution in [0, 0.1) is 0 Å². The molecular formula is C4H4F3NO2. The first-order valence-corrected chi connectivity index (χ1v) is 2.24. The average molecular weight is 155 g/mol. The zero-order valence-corrected chi connectivity index (χ0v) is 4.97. The molecule has 0 saturated carbocycles. The van der Waals surface area contributed by atoms with Crippen LogP contribution >= 0.6 is 0 Å². The van der Waals surface area contributed by atoms with E-state index < -0.39 is 12.1 Å². The van der Waals surface area contributed by atoms with Gasteiger partial charge in [-0.15, -0.1) is 0 Å². The summed E-state index contributed by atoms with van der Waals surface area (Å²) < 4.78 is 33.7. The first-order valence-electron chi connectivity index (χ1n) is 2.24. The molecule has 0 heterocycles. The van der Waals surface area contributed by atoms with Crippen molar-refractivity contribution in [1.29, 1.82) is 0 Å². The predicted molar refractivity (Wildman–Crippen MR) is 26.3 cm³/mol. The summed E-state index contributed by atoms with van der Waals surface area (Å²) in [4.78, 5) is 13.1. The molecule has 0 bridgehead atoms. The van der Waals surface area contributed by atoms with E-state index in [1.54, 1.807) is 0 Å². The number of rotatable bonds is 1. The Bertz CT molecular complexity index is 151. The van der Waals surface area contributed by atoms with Gasteiger partial charge >= 0.3 is 12.1 Å². The third-order valence-corrected chi connectivity index (χ3v) is 0.472. The number of alkyl halides is 3. The van der Waals surface area contributed by atoms with Crippen LogP contribution in [-0.2, 0) is 9.63 Å². The summed E-state index contributed by atoms with van der Waals surface area (Å²) in [7, 11) is 0. The molecule has 0 N–H and O–H groups in total. The lowest BCUT2D eigenvalue weighted by Crippen LogP contribution is -2.23. The van der Waals surface area contributed by atoms with Gasteiger partial charge in [0.15, 0.2) is 0 Å². The van der Waals surface area contributed by atoms with Crippen LogP contribution in [-0.4, -0.2) is 18.4 Å². The number of hydrogen-bond donors (Lipinski definition) is 0. The van der Waals surface area contributed by atoms with Gasteiger partial charge in [0.25, 0.3) is 0 Å². The first kappa shape index (κ1) is 8.93. The van der Waals surface area contributed by atoms with Crippen LogP contribution in [0.1, 0.15) is 6.92 Å². The predicted octanol–water partition coefficient (Wildman–Crippen LogP) is 1.10. The van der Waals surface area contributed by atoms with Gasteiger partial charge in [-0.3, -0.25) is 0 Å². The van der Waals surface area contributed by atoms with Gasteiger partial charge in [-0.1, -0.05) is 5.16 Å². The Morgan fingerprint density at radius 1 is 1.60 bits per heavy atom. The molecule has 3 nitrogen and oxygen atoms in total. The Balaban J connectivity index is 3.86. The van der Waals surface area contributed by atoms with E-state index in [-0.39, 0.29) is 0 Å². The molecule has 0 spiro atoms. The fourth-order valence-electron chi connectivity index (χ4n) is 0.152. The fourth-order valence-corrected chi connectivity index (χ4v) is 0.152. The molecule has 0 rings (SSSR count). The van der Waals surface area contributed by atoms with Crippen molar-refractivity contribution >= 4 is 12.2 Å². The molecule has 0 aliphatic rings. The Morgan fingerprint density at radius 3 is 2.40 bits per heavy atom. The summed E-state index contributed by atoms with van der Waals surface area (Å²) >= 11 is 0. The van der Waals surface area contributed by atoms with Crippen LogP contribution in [0.15, 0.2) is 5.16 Å². The maximum Gasteiger partial charge on any atom is 0.493 e. The minimum Gasteiger partial charge on any atom is -0.309 e. The quantitative estimate of drug-likeness (QED) is 0.323. The fraction of sp³-hybridized carbons (Fsp3) is 0.500. The highest BCUT2D eigenvalue weighted by Crippen LogP contribution is 2.16. The van der Waals surface area contributed by atoms with E-state index in [0.29, 0.717) is 0 Å². The van der Waals surface area contributed by atoms with Crippen molar-refractivity contribution in [3.63, 3.8) is 0 Å². The molecule has 0 aliphatic carbocycles. The van der Waals surface area contributed by atoms with Gasteiger partial charge in [0.05, 0.1) is 0 Å². The SMILES string of the molecule is CC=NOC(=O)C(F)(F)F. The smallest absolute Gasteiger partial charge is 0.309 e. The number of hydrogen-bond acceptors (Lipinski definition) is 3. The summed E-state index contributed by atoms with van der Waals surface area (Å²) in [6.45, 7) is 1.32. The van der Waals surface area contributed by atoms with Gasteiger partial charge < -0.3 is 4.84 Å². The number of carbonyl (C=O) groups excluding carboxylic acids is 1.